The monoisotopic (exact) mass is 532 g/mol. The zero-order valence-corrected chi connectivity index (χ0v) is 21.8. The van der Waals surface area contributed by atoms with Gasteiger partial charge in [0.1, 0.15) is 17.6 Å². The Morgan fingerprint density at radius 3 is 2.95 bits per heavy atom. The van der Waals surface area contributed by atoms with Gasteiger partial charge in [-0.2, -0.15) is 0 Å². The molecular weight excluding hydrogens is 504 g/mol. The van der Waals surface area contributed by atoms with Crippen LogP contribution >= 0.6 is 11.3 Å². The molecule has 1 aromatic carbocycles. The maximum Gasteiger partial charge on any atom is 0.253 e. The van der Waals surface area contributed by atoms with Crippen molar-refractivity contribution in [2.75, 3.05) is 13.7 Å². The summed E-state index contributed by atoms with van der Waals surface area (Å²) in [5, 5.41) is 15.7. The Balaban J connectivity index is 1.50. The molecule has 1 aliphatic heterocycles. The molecular formula is C27H28N6O4S. The zero-order valence-electron chi connectivity index (χ0n) is 20.9. The Morgan fingerprint density at radius 1 is 1.24 bits per heavy atom. The van der Waals surface area contributed by atoms with Gasteiger partial charge in [0.15, 0.2) is 5.82 Å². The van der Waals surface area contributed by atoms with Crippen LogP contribution in [0.5, 0.6) is 5.75 Å². The number of furan rings is 1. The van der Waals surface area contributed by atoms with E-state index in [1.807, 2.05) is 47.8 Å². The number of benzene rings is 1. The molecule has 0 unspecified atom stereocenters. The standard InChI is InChI=1S/C27H28N6O4S/c1-35-19-8-9-24-18(13-19)14-23(27(34)28-24)25(26-29-30-31-33(26)16-21-6-3-11-37-21)32(15-20-5-2-10-36-20)17-22-7-4-12-38-22/h2,4-5,7-10,12-14,21,25H,3,6,11,15-17H2,1H3,(H,28,34)/t21-,25-/m0/s1. The summed E-state index contributed by atoms with van der Waals surface area (Å²) < 4.78 is 18.8. The lowest BCUT2D eigenvalue weighted by Gasteiger charge is -2.30. The van der Waals surface area contributed by atoms with E-state index in [9.17, 15) is 4.79 Å². The molecule has 4 aromatic heterocycles. The van der Waals surface area contributed by atoms with Crippen LogP contribution in [0.15, 0.2) is 69.4 Å². The van der Waals surface area contributed by atoms with Gasteiger partial charge in [-0.05, 0) is 71.1 Å². The molecule has 196 valence electrons. The predicted octanol–water partition coefficient (Wildman–Crippen LogP) is 4.15. The quantitative estimate of drug-likeness (QED) is 0.286. The molecule has 0 amide bonds. The van der Waals surface area contributed by atoms with E-state index in [0.29, 0.717) is 36.8 Å². The van der Waals surface area contributed by atoms with Crippen LogP contribution in [0.4, 0.5) is 0 Å². The number of aromatic nitrogens is 5. The van der Waals surface area contributed by atoms with E-state index >= 15 is 0 Å². The molecule has 1 fully saturated rings. The van der Waals surface area contributed by atoms with Crippen LogP contribution in [0.3, 0.4) is 0 Å². The van der Waals surface area contributed by atoms with Crippen LogP contribution in [-0.4, -0.2) is 49.9 Å². The maximum atomic E-state index is 13.7. The minimum atomic E-state index is -0.557. The van der Waals surface area contributed by atoms with Gasteiger partial charge < -0.3 is 18.9 Å². The lowest BCUT2D eigenvalue weighted by molar-refractivity contribution is 0.0901. The van der Waals surface area contributed by atoms with Crippen molar-refractivity contribution in [2.45, 2.75) is 44.6 Å². The number of thiophene rings is 1. The van der Waals surface area contributed by atoms with Gasteiger partial charge in [-0.25, -0.2) is 4.68 Å². The fourth-order valence-corrected chi connectivity index (χ4v) is 5.72. The molecule has 1 N–H and O–H groups in total. The second kappa shape index (κ2) is 10.9. The SMILES string of the molecule is COc1ccc2[nH]c(=O)c([C@@H](c3nnnn3C[C@@H]3CCCO3)N(Cc3ccco3)Cc3cccs3)cc2c1. The number of pyridine rings is 1. The molecule has 38 heavy (non-hydrogen) atoms. The summed E-state index contributed by atoms with van der Waals surface area (Å²) in [6, 6.07) is 14.9. The molecule has 1 aliphatic rings. The third kappa shape index (κ3) is 5.13. The average molecular weight is 533 g/mol. The first-order chi connectivity index (χ1) is 18.7. The van der Waals surface area contributed by atoms with Crippen molar-refractivity contribution in [1.29, 1.82) is 0 Å². The van der Waals surface area contributed by atoms with Crippen molar-refractivity contribution in [1.82, 2.24) is 30.1 Å². The summed E-state index contributed by atoms with van der Waals surface area (Å²) in [7, 11) is 1.63. The molecule has 1 saturated heterocycles. The van der Waals surface area contributed by atoms with E-state index in [4.69, 9.17) is 13.9 Å². The Morgan fingerprint density at radius 2 is 2.18 bits per heavy atom. The van der Waals surface area contributed by atoms with Crippen LogP contribution in [-0.2, 0) is 24.4 Å². The van der Waals surface area contributed by atoms with Crippen molar-refractivity contribution in [3.05, 3.63) is 92.6 Å². The van der Waals surface area contributed by atoms with Gasteiger partial charge in [0, 0.05) is 34.5 Å². The van der Waals surface area contributed by atoms with E-state index in [0.717, 1.165) is 41.0 Å². The molecule has 0 spiro atoms. The molecule has 10 nitrogen and oxygen atoms in total. The number of nitrogens with one attached hydrogen (secondary N) is 1. The Kier molecular flexibility index (Phi) is 7.04. The van der Waals surface area contributed by atoms with E-state index in [1.165, 1.54) is 0 Å². The molecule has 5 aromatic rings. The number of aromatic amines is 1. The minimum Gasteiger partial charge on any atom is -0.497 e. The average Bonchev–Trinajstić information content (AvgIpc) is 3.74. The first kappa shape index (κ1) is 24.5. The molecule has 11 heteroatoms. The van der Waals surface area contributed by atoms with Gasteiger partial charge >= 0.3 is 0 Å². The predicted molar refractivity (Wildman–Crippen MR) is 142 cm³/mol. The van der Waals surface area contributed by atoms with Crippen molar-refractivity contribution >= 4 is 22.2 Å². The molecule has 2 atom stereocenters. The summed E-state index contributed by atoms with van der Waals surface area (Å²) in [5.41, 5.74) is 1.07. The second-order valence-electron chi connectivity index (χ2n) is 9.33. The van der Waals surface area contributed by atoms with Crippen LogP contribution in [0, 0.1) is 0 Å². The largest absolute Gasteiger partial charge is 0.497 e. The first-order valence-electron chi connectivity index (χ1n) is 12.6. The van der Waals surface area contributed by atoms with Gasteiger partial charge in [0.2, 0.25) is 0 Å². The van der Waals surface area contributed by atoms with Gasteiger partial charge in [-0.1, -0.05) is 6.07 Å². The summed E-state index contributed by atoms with van der Waals surface area (Å²) in [6.07, 6.45) is 3.66. The minimum absolute atomic E-state index is 0.0351. The molecule has 5 heterocycles. The van der Waals surface area contributed by atoms with Crippen LogP contribution in [0.25, 0.3) is 10.9 Å². The number of nitrogens with zero attached hydrogens (tertiary/aromatic N) is 5. The molecule has 0 saturated carbocycles. The Labute approximate surface area is 222 Å². The van der Waals surface area contributed by atoms with Gasteiger partial charge in [0.05, 0.1) is 32.6 Å². The van der Waals surface area contributed by atoms with Crippen LogP contribution in [0.1, 0.15) is 40.9 Å². The Hall–Kier alpha value is -3.80. The third-order valence-corrected chi connectivity index (χ3v) is 7.68. The van der Waals surface area contributed by atoms with Crippen LogP contribution in [0.2, 0.25) is 0 Å². The summed E-state index contributed by atoms with van der Waals surface area (Å²) in [4.78, 5) is 20.0. The second-order valence-corrected chi connectivity index (χ2v) is 10.4. The topological polar surface area (TPSA) is 111 Å². The number of hydrogen-bond acceptors (Lipinski definition) is 9. The maximum absolute atomic E-state index is 13.7. The number of fused-ring (bicyclic) bond motifs is 1. The highest BCUT2D eigenvalue weighted by Crippen LogP contribution is 2.32. The third-order valence-electron chi connectivity index (χ3n) is 6.82. The lowest BCUT2D eigenvalue weighted by atomic mass is 10.0. The van der Waals surface area contributed by atoms with E-state index in [-0.39, 0.29) is 11.7 Å². The van der Waals surface area contributed by atoms with E-state index < -0.39 is 6.04 Å². The molecule has 6 rings (SSSR count). The molecule has 0 aliphatic carbocycles. The number of tetrazole rings is 1. The van der Waals surface area contributed by atoms with Crippen molar-refractivity contribution in [3.63, 3.8) is 0 Å². The summed E-state index contributed by atoms with van der Waals surface area (Å²) in [5.74, 6) is 2.07. The van der Waals surface area contributed by atoms with Gasteiger partial charge in [-0.3, -0.25) is 9.69 Å². The van der Waals surface area contributed by atoms with Gasteiger partial charge in [-0.15, -0.1) is 16.4 Å². The highest BCUT2D eigenvalue weighted by Gasteiger charge is 2.32. The number of hydrogen-bond donors (Lipinski definition) is 1. The highest BCUT2D eigenvalue weighted by atomic mass is 32.1. The van der Waals surface area contributed by atoms with E-state index in [2.05, 4.69) is 31.5 Å². The Bertz CT molecular complexity index is 1500. The summed E-state index contributed by atoms with van der Waals surface area (Å²) in [6.45, 7) is 2.29. The lowest BCUT2D eigenvalue weighted by Crippen LogP contribution is -2.35. The van der Waals surface area contributed by atoms with Crippen molar-refractivity contribution in [3.8, 4) is 5.75 Å². The highest BCUT2D eigenvalue weighted by molar-refractivity contribution is 7.09. The smallest absolute Gasteiger partial charge is 0.253 e. The number of ether oxygens (including phenoxy) is 2. The normalized spacial score (nSPS) is 16.4. The zero-order chi connectivity index (χ0) is 25.9. The number of methoxy groups -OCH3 is 1. The van der Waals surface area contributed by atoms with Crippen molar-refractivity contribution in [2.24, 2.45) is 0 Å². The number of H-pyrrole nitrogens is 1. The summed E-state index contributed by atoms with van der Waals surface area (Å²) >= 11 is 1.66. The fraction of sp³-hybridized carbons (Fsp3) is 0.333. The van der Waals surface area contributed by atoms with E-state index in [1.54, 1.807) is 29.4 Å². The number of rotatable bonds is 10. The van der Waals surface area contributed by atoms with Gasteiger partial charge in [0.25, 0.3) is 5.56 Å². The van der Waals surface area contributed by atoms with Crippen LogP contribution < -0.4 is 10.3 Å². The first-order valence-corrected chi connectivity index (χ1v) is 13.4. The molecule has 0 bridgehead atoms. The van der Waals surface area contributed by atoms with Crippen molar-refractivity contribution < 1.29 is 13.9 Å². The molecule has 0 radical (unpaired) electrons. The fourth-order valence-electron chi connectivity index (χ4n) is 4.99.